The Labute approximate surface area is 144 Å². The number of amides is 1. The van der Waals surface area contributed by atoms with Crippen LogP contribution in [-0.4, -0.2) is 24.5 Å². The van der Waals surface area contributed by atoms with E-state index >= 15 is 0 Å². The van der Waals surface area contributed by atoms with E-state index in [1.807, 2.05) is 37.3 Å². The normalized spacial score (nSPS) is 10.4. The van der Waals surface area contributed by atoms with Crippen molar-refractivity contribution in [2.75, 3.05) is 13.7 Å². The number of para-hydroxylation sites is 1. The van der Waals surface area contributed by atoms with Crippen molar-refractivity contribution in [1.82, 2.24) is 4.90 Å². The standard InChI is InChI=1S/C17H17BrClNO2/c1-3-22-16-7-5-4-6-12(16)11-20(2)17(21)14-10-13(18)8-9-15(14)19/h4-10H,3,11H2,1-2H3. The molecule has 2 aromatic carbocycles. The molecule has 3 nitrogen and oxygen atoms in total. The number of hydrogen-bond donors (Lipinski definition) is 0. The summed E-state index contributed by atoms with van der Waals surface area (Å²) in [5, 5.41) is 0.443. The van der Waals surface area contributed by atoms with Gasteiger partial charge in [-0.15, -0.1) is 0 Å². The second kappa shape index (κ2) is 7.65. The molecule has 0 bridgehead atoms. The van der Waals surface area contributed by atoms with E-state index in [4.69, 9.17) is 16.3 Å². The zero-order valence-corrected chi connectivity index (χ0v) is 14.8. The smallest absolute Gasteiger partial charge is 0.255 e. The molecular formula is C17H17BrClNO2. The molecule has 0 atom stereocenters. The number of hydrogen-bond acceptors (Lipinski definition) is 2. The van der Waals surface area contributed by atoms with Crippen LogP contribution in [0.1, 0.15) is 22.8 Å². The van der Waals surface area contributed by atoms with Gasteiger partial charge in [0.15, 0.2) is 0 Å². The first-order valence-corrected chi connectivity index (χ1v) is 8.11. The lowest BCUT2D eigenvalue weighted by atomic mass is 10.1. The SMILES string of the molecule is CCOc1ccccc1CN(C)C(=O)c1cc(Br)ccc1Cl. The minimum Gasteiger partial charge on any atom is -0.494 e. The van der Waals surface area contributed by atoms with Crippen molar-refractivity contribution in [3.05, 3.63) is 63.1 Å². The van der Waals surface area contributed by atoms with Gasteiger partial charge in [-0.1, -0.05) is 45.7 Å². The first-order valence-electron chi connectivity index (χ1n) is 6.94. The van der Waals surface area contributed by atoms with E-state index in [0.717, 1.165) is 15.8 Å². The van der Waals surface area contributed by atoms with Gasteiger partial charge in [0.2, 0.25) is 0 Å². The van der Waals surface area contributed by atoms with Gasteiger partial charge >= 0.3 is 0 Å². The largest absolute Gasteiger partial charge is 0.494 e. The summed E-state index contributed by atoms with van der Waals surface area (Å²) in [4.78, 5) is 14.2. The topological polar surface area (TPSA) is 29.5 Å². The predicted molar refractivity (Wildman–Crippen MR) is 92.6 cm³/mol. The van der Waals surface area contributed by atoms with Crippen molar-refractivity contribution in [1.29, 1.82) is 0 Å². The Kier molecular flexibility index (Phi) is 5.86. The van der Waals surface area contributed by atoms with Gasteiger partial charge in [0.05, 0.1) is 17.2 Å². The van der Waals surface area contributed by atoms with Gasteiger partial charge in [-0.05, 0) is 31.2 Å². The molecule has 2 aromatic rings. The molecule has 0 aromatic heterocycles. The Morgan fingerprint density at radius 2 is 2.00 bits per heavy atom. The van der Waals surface area contributed by atoms with Crippen molar-refractivity contribution >= 4 is 33.4 Å². The van der Waals surface area contributed by atoms with Crippen LogP contribution in [0.15, 0.2) is 46.9 Å². The molecule has 22 heavy (non-hydrogen) atoms. The molecule has 0 aliphatic carbocycles. The number of rotatable bonds is 5. The monoisotopic (exact) mass is 381 g/mol. The Balaban J connectivity index is 2.20. The Hall–Kier alpha value is -1.52. The molecule has 0 heterocycles. The molecule has 0 radical (unpaired) electrons. The van der Waals surface area contributed by atoms with Crippen molar-refractivity contribution < 1.29 is 9.53 Å². The molecule has 0 aliphatic rings. The average Bonchev–Trinajstić information content (AvgIpc) is 2.51. The van der Waals surface area contributed by atoms with E-state index < -0.39 is 0 Å². The van der Waals surface area contributed by atoms with E-state index in [2.05, 4.69) is 15.9 Å². The van der Waals surface area contributed by atoms with Crippen LogP contribution < -0.4 is 4.74 Å². The van der Waals surface area contributed by atoms with Crippen LogP contribution in [0.25, 0.3) is 0 Å². The van der Waals surface area contributed by atoms with E-state index in [0.29, 0.717) is 23.7 Å². The number of ether oxygens (including phenoxy) is 1. The number of nitrogens with zero attached hydrogens (tertiary/aromatic N) is 1. The van der Waals surface area contributed by atoms with Crippen molar-refractivity contribution in [2.24, 2.45) is 0 Å². The third-order valence-electron chi connectivity index (χ3n) is 3.19. The maximum absolute atomic E-state index is 12.6. The van der Waals surface area contributed by atoms with Crippen LogP contribution in [0.5, 0.6) is 5.75 Å². The quantitative estimate of drug-likeness (QED) is 0.745. The number of halogens is 2. The summed E-state index contributed by atoms with van der Waals surface area (Å²) in [7, 11) is 1.75. The van der Waals surface area contributed by atoms with Crippen LogP contribution in [0.2, 0.25) is 5.02 Å². The highest BCUT2D eigenvalue weighted by atomic mass is 79.9. The molecular weight excluding hydrogens is 366 g/mol. The molecule has 0 fully saturated rings. The minimum absolute atomic E-state index is 0.127. The fraction of sp³-hybridized carbons (Fsp3) is 0.235. The summed E-state index contributed by atoms with van der Waals surface area (Å²) in [6.45, 7) is 2.98. The molecule has 0 saturated carbocycles. The Bertz CT molecular complexity index is 675. The third kappa shape index (κ3) is 4.02. The maximum Gasteiger partial charge on any atom is 0.255 e. The van der Waals surface area contributed by atoms with Gasteiger partial charge in [0.1, 0.15) is 5.75 Å². The molecule has 1 amide bonds. The molecule has 0 aliphatic heterocycles. The van der Waals surface area contributed by atoms with Gasteiger partial charge in [-0.2, -0.15) is 0 Å². The summed E-state index contributed by atoms with van der Waals surface area (Å²) in [5.74, 6) is 0.669. The van der Waals surface area contributed by atoms with Gasteiger partial charge in [0, 0.05) is 23.6 Å². The minimum atomic E-state index is -0.127. The fourth-order valence-electron chi connectivity index (χ4n) is 2.13. The second-order valence-electron chi connectivity index (χ2n) is 4.83. The number of carbonyl (C=O) groups is 1. The highest BCUT2D eigenvalue weighted by molar-refractivity contribution is 9.10. The van der Waals surface area contributed by atoms with Crippen LogP contribution >= 0.6 is 27.5 Å². The van der Waals surface area contributed by atoms with Crippen LogP contribution in [0, 0.1) is 0 Å². The molecule has 0 saturated heterocycles. The average molecular weight is 383 g/mol. The molecule has 0 N–H and O–H groups in total. The highest BCUT2D eigenvalue weighted by Gasteiger charge is 2.17. The van der Waals surface area contributed by atoms with E-state index in [1.165, 1.54) is 0 Å². The number of carbonyl (C=O) groups excluding carboxylic acids is 1. The summed E-state index contributed by atoms with van der Waals surface area (Å²) in [5.41, 5.74) is 1.44. The zero-order chi connectivity index (χ0) is 16.1. The third-order valence-corrected chi connectivity index (χ3v) is 4.01. The second-order valence-corrected chi connectivity index (χ2v) is 6.15. The lowest BCUT2D eigenvalue weighted by molar-refractivity contribution is 0.0784. The molecule has 2 rings (SSSR count). The van der Waals surface area contributed by atoms with Crippen LogP contribution in [0.4, 0.5) is 0 Å². The number of benzene rings is 2. The lowest BCUT2D eigenvalue weighted by Crippen LogP contribution is -2.26. The molecule has 116 valence electrons. The summed E-state index contributed by atoms with van der Waals surface area (Å²) in [6.07, 6.45) is 0. The highest BCUT2D eigenvalue weighted by Crippen LogP contribution is 2.24. The summed E-state index contributed by atoms with van der Waals surface area (Å²) >= 11 is 9.49. The van der Waals surface area contributed by atoms with Gasteiger partial charge in [-0.25, -0.2) is 0 Å². The van der Waals surface area contributed by atoms with Gasteiger partial charge in [0.25, 0.3) is 5.91 Å². The fourth-order valence-corrected chi connectivity index (χ4v) is 2.68. The van der Waals surface area contributed by atoms with E-state index in [-0.39, 0.29) is 5.91 Å². The van der Waals surface area contributed by atoms with Gasteiger partial charge in [-0.3, -0.25) is 4.79 Å². The van der Waals surface area contributed by atoms with Crippen molar-refractivity contribution in [3.63, 3.8) is 0 Å². The molecule has 5 heteroatoms. The zero-order valence-electron chi connectivity index (χ0n) is 12.5. The first-order chi connectivity index (χ1) is 10.5. The predicted octanol–water partition coefficient (Wildman–Crippen LogP) is 4.77. The van der Waals surface area contributed by atoms with Crippen LogP contribution in [-0.2, 0) is 6.54 Å². The Morgan fingerprint density at radius 3 is 2.73 bits per heavy atom. The maximum atomic E-state index is 12.6. The first kappa shape index (κ1) is 16.8. The summed E-state index contributed by atoms with van der Waals surface area (Å²) < 4.78 is 6.42. The van der Waals surface area contributed by atoms with E-state index in [1.54, 1.807) is 24.1 Å². The van der Waals surface area contributed by atoms with Gasteiger partial charge < -0.3 is 9.64 Å². The molecule has 0 spiro atoms. The van der Waals surface area contributed by atoms with Crippen molar-refractivity contribution in [3.8, 4) is 5.75 Å². The summed E-state index contributed by atoms with van der Waals surface area (Å²) in [6, 6.07) is 13.0. The lowest BCUT2D eigenvalue weighted by Gasteiger charge is -2.20. The molecule has 0 unspecified atom stereocenters. The van der Waals surface area contributed by atoms with E-state index in [9.17, 15) is 4.79 Å². The Morgan fingerprint density at radius 1 is 1.27 bits per heavy atom. The van der Waals surface area contributed by atoms with Crippen molar-refractivity contribution in [2.45, 2.75) is 13.5 Å². The van der Waals surface area contributed by atoms with Crippen LogP contribution in [0.3, 0.4) is 0 Å².